The highest BCUT2D eigenvalue weighted by atomic mass is 32.1. The summed E-state index contributed by atoms with van der Waals surface area (Å²) in [5.74, 6) is 0. The maximum Gasteiger partial charge on any atom is 0.108 e. The largest absolute Gasteiger partial charge is 0.383 e. The molecule has 0 spiro atoms. The number of hydrogen-bond acceptors (Lipinski definition) is 3. The topological polar surface area (TPSA) is 46.2 Å². The van der Waals surface area contributed by atoms with E-state index in [2.05, 4.69) is 6.07 Å². The third-order valence-electron chi connectivity index (χ3n) is 2.67. The van der Waals surface area contributed by atoms with E-state index in [4.69, 9.17) is 5.73 Å². The number of fused-ring (bicyclic) bond motifs is 1. The fourth-order valence-corrected chi connectivity index (χ4v) is 3.00. The second kappa shape index (κ2) is 3.08. The van der Waals surface area contributed by atoms with Crippen molar-refractivity contribution in [3.63, 3.8) is 0 Å². The molecule has 3 N–H and O–H groups in total. The van der Waals surface area contributed by atoms with Gasteiger partial charge in [0, 0.05) is 16.3 Å². The van der Waals surface area contributed by atoms with Gasteiger partial charge in [0.2, 0.25) is 0 Å². The fraction of sp³-hybridized carbons (Fsp3) is 0.600. The van der Waals surface area contributed by atoms with Crippen LogP contribution in [0.25, 0.3) is 0 Å². The Morgan fingerprint density at radius 2 is 2.38 bits per heavy atom. The third-order valence-corrected chi connectivity index (χ3v) is 4.17. The van der Waals surface area contributed by atoms with Crippen molar-refractivity contribution in [2.75, 3.05) is 6.54 Å². The number of thiophene rings is 1. The minimum atomic E-state index is -0.824. The molecular weight excluding hydrogens is 182 g/mol. The molecule has 0 bridgehead atoms. The highest BCUT2D eigenvalue weighted by Gasteiger charge is 2.26. The van der Waals surface area contributed by atoms with E-state index in [1.165, 1.54) is 29.7 Å². The number of rotatable bonds is 2. The molecule has 2 rings (SSSR count). The molecule has 1 aromatic rings. The van der Waals surface area contributed by atoms with E-state index in [9.17, 15) is 5.11 Å². The molecule has 1 atom stereocenters. The predicted octanol–water partition coefficient (Wildman–Crippen LogP) is 1.40. The first kappa shape index (κ1) is 9.19. The lowest BCUT2D eigenvalue weighted by atomic mass is 10.0. The second-order valence-electron chi connectivity index (χ2n) is 3.89. The lowest BCUT2D eigenvalue weighted by Gasteiger charge is -2.18. The van der Waals surface area contributed by atoms with Crippen LogP contribution < -0.4 is 5.73 Å². The van der Waals surface area contributed by atoms with Gasteiger partial charge in [0.15, 0.2) is 0 Å². The molecule has 72 valence electrons. The summed E-state index contributed by atoms with van der Waals surface area (Å²) in [7, 11) is 0. The molecule has 0 aliphatic heterocycles. The van der Waals surface area contributed by atoms with Crippen LogP contribution in [0.4, 0.5) is 0 Å². The highest BCUT2D eigenvalue weighted by Crippen LogP contribution is 2.35. The van der Waals surface area contributed by atoms with Crippen LogP contribution in [-0.2, 0) is 18.4 Å². The Labute approximate surface area is 82.4 Å². The standard InChI is InChI=1S/C10H15NOS/c1-10(12,6-11)9-5-7-3-2-4-8(7)13-9/h5,12H,2-4,6,11H2,1H3. The summed E-state index contributed by atoms with van der Waals surface area (Å²) < 4.78 is 0. The summed E-state index contributed by atoms with van der Waals surface area (Å²) in [4.78, 5) is 2.48. The van der Waals surface area contributed by atoms with Gasteiger partial charge in [-0.1, -0.05) is 0 Å². The van der Waals surface area contributed by atoms with Gasteiger partial charge in [-0.3, -0.25) is 0 Å². The van der Waals surface area contributed by atoms with Crippen molar-refractivity contribution in [1.82, 2.24) is 0 Å². The first-order chi connectivity index (χ1) is 6.13. The third kappa shape index (κ3) is 1.52. The van der Waals surface area contributed by atoms with Crippen LogP contribution in [0.2, 0.25) is 0 Å². The molecular formula is C10H15NOS. The van der Waals surface area contributed by atoms with Crippen molar-refractivity contribution < 1.29 is 5.11 Å². The van der Waals surface area contributed by atoms with Gasteiger partial charge in [-0.05, 0) is 37.8 Å². The molecule has 0 saturated heterocycles. The molecule has 1 aromatic heterocycles. The first-order valence-corrected chi connectivity index (χ1v) is 5.49. The van der Waals surface area contributed by atoms with Crippen molar-refractivity contribution in [1.29, 1.82) is 0 Å². The minimum Gasteiger partial charge on any atom is -0.383 e. The molecule has 0 saturated carbocycles. The molecule has 1 heterocycles. The van der Waals surface area contributed by atoms with Gasteiger partial charge >= 0.3 is 0 Å². The van der Waals surface area contributed by atoms with Crippen molar-refractivity contribution in [3.8, 4) is 0 Å². The maximum atomic E-state index is 9.94. The van der Waals surface area contributed by atoms with Crippen LogP contribution in [-0.4, -0.2) is 11.7 Å². The summed E-state index contributed by atoms with van der Waals surface area (Å²) in [6, 6.07) is 2.12. The molecule has 1 unspecified atom stereocenters. The average molecular weight is 197 g/mol. The predicted molar refractivity (Wildman–Crippen MR) is 55.0 cm³/mol. The van der Waals surface area contributed by atoms with E-state index in [1.54, 1.807) is 18.3 Å². The maximum absolute atomic E-state index is 9.94. The first-order valence-electron chi connectivity index (χ1n) is 4.68. The van der Waals surface area contributed by atoms with Gasteiger partial charge in [0.25, 0.3) is 0 Å². The van der Waals surface area contributed by atoms with Crippen LogP contribution in [0, 0.1) is 0 Å². The molecule has 2 nitrogen and oxygen atoms in total. The Hall–Kier alpha value is -0.380. The lowest BCUT2D eigenvalue weighted by molar-refractivity contribution is 0.0706. The zero-order valence-corrected chi connectivity index (χ0v) is 8.66. The van der Waals surface area contributed by atoms with Crippen LogP contribution >= 0.6 is 11.3 Å². The lowest BCUT2D eigenvalue weighted by Crippen LogP contribution is -2.30. The number of nitrogens with two attached hydrogens (primary N) is 1. The Kier molecular flexibility index (Phi) is 2.18. The zero-order valence-electron chi connectivity index (χ0n) is 7.84. The quantitative estimate of drug-likeness (QED) is 0.753. The second-order valence-corrected chi connectivity index (χ2v) is 5.03. The summed E-state index contributed by atoms with van der Waals surface area (Å²) in [6.07, 6.45) is 3.62. The van der Waals surface area contributed by atoms with Gasteiger partial charge in [0.05, 0.1) is 0 Å². The smallest absolute Gasteiger partial charge is 0.108 e. The molecule has 13 heavy (non-hydrogen) atoms. The summed E-state index contributed by atoms with van der Waals surface area (Å²) >= 11 is 1.72. The molecule has 0 aromatic carbocycles. The number of aryl methyl sites for hydroxylation is 2. The Balaban J connectivity index is 2.33. The van der Waals surface area contributed by atoms with Gasteiger partial charge in [-0.15, -0.1) is 11.3 Å². The van der Waals surface area contributed by atoms with E-state index in [0.717, 1.165) is 4.88 Å². The number of aliphatic hydroxyl groups is 1. The Bertz CT molecular complexity index is 295. The van der Waals surface area contributed by atoms with E-state index in [1.807, 2.05) is 0 Å². The molecule has 0 amide bonds. The van der Waals surface area contributed by atoms with Crippen molar-refractivity contribution in [2.24, 2.45) is 5.73 Å². The Morgan fingerprint density at radius 3 is 3.00 bits per heavy atom. The Morgan fingerprint density at radius 1 is 1.62 bits per heavy atom. The normalized spacial score (nSPS) is 19.9. The van der Waals surface area contributed by atoms with Crippen LogP contribution in [0.15, 0.2) is 6.07 Å². The molecule has 0 fully saturated rings. The monoisotopic (exact) mass is 197 g/mol. The zero-order chi connectivity index (χ0) is 9.47. The molecule has 0 radical (unpaired) electrons. The summed E-state index contributed by atoms with van der Waals surface area (Å²) in [6.45, 7) is 2.08. The van der Waals surface area contributed by atoms with Crippen LogP contribution in [0.3, 0.4) is 0 Å². The minimum absolute atomic E-state index is 0.298. The highest BCUT2D eigenvalue weighted by molar-refractivity contribution is 7.12. The SMILES string of the molecule is CC(O)(CN)c1cc2c(s1)CCC2. The van der Waals surface area contributed by atoms with Gasteiger partial charge in [-0.2, -0.15) is 0 Å². The number of hydrogen-bond donors (Lipinski definition) is 2. The van der Waals surface area contributed by atoms with Gasteiger partial charge < -0.3 is 10.8 Å². The van der Waals surface area contributed by atoms with Gasteiger partial charge in [0.1, 0.15) is 5.60 Å². The molecule has 1 aliphatic rings. The molecule has 1 aliphatic carbocycles. The molecule has 3 heteroatoms. The van der Waals surface area contributed by atoms with E-state index < -0.39 is 5.60 Å². The van der Waals surface area contributed by atoms with E-state index in [-0.39, 0.29) is 0 Å². The van der Waals surface area contributed by atoms with Crippen molar-refractivity contribution in [3.05, 3.63) is 21.4 Å². The van der Waals surface area contributed by atoms with E-state index in [0.29, 0.717) is 6.54 Å². The summed E-state index contributed by atoms with van der Waals surface area (Å²) in [5.41, 5.74) is 6.11. The van der Waals surface area contributed by atoms with Crippen LogP contribution in [0.1, 0.15) is 28.7 Å². The van der Waals surface area contributed by atoms with Crippen molar-refractivity contribution >= 4 is 11.3 Å². The van der Waals surface area contributed by atoms with E-state index >= 15 is 0 Å². The fourth-order valence-electron chi connectivity index (χ4n) is 1.70. The van der Waals surface area contributed by atoms with Gasteiger partial charge in [-0.25, -0.2) is 0 Å². The van der Waals surface area contributed by atoms with Crippen LogP contribution in [0.5, 0.6) is 0 Å². The average Bonchev–Trinajstić information content (AvgIpc) is 2.61. The van der Waals surface area contributed by atoms with Crippen molar-refractivity contribution in [2.45, 2.75) is 31.8 Å². The summed E-state index contributed by atoms with van der Waals surface area (Å²) in [5, 5.41) is 9.94.